The smallest absolute Gasteiger partial charge is 0.436 e. The lowest BCUT2D eigenvalue weighted by atomic mass is 10.2. The minimum Gasteiger partial charge on any atom is -0.443 e. The van der Waals surface area contributed by atoms with Crippen molar-refractivity contribution >= 4 is 6.09 Å². The molecule has 1 unspecified atom stereocenters. The zero-order chi connectivity index (χ0) is 17.1. The Bertz CT molecular complexity index is 843. The minimum absolute atomic E-state index is 0.103. The van der Waals surface area contributed by atoms with E-state index in [2.05, 4.69) is 4.98 Å². The van der Waals surface area contributed by atoms with Gasteiger partial charge < -0.3 is 4.74 Å². The van der Waals surface area contributed by atoms with Crippen LogP contribution >= 0.6 is 0 Å². The molecule has 2 aromatic rings. The number of benzene rings is 1. The van der Waals surface area contributed by atoms with E-state index in [9.17, 15) is 14.4 Å². The van der Waals surface area contributed by atoms with Gasteiger partial charge in [-0.15, -0.1) is 0 Å². The first kappa shape index (κ1) is 16.0. The molecular formula is C16H17N3O5. The van der Waals surface area contributed by atoms with Crippen LogP contribution in [0.25, 0.3) is 0 Å². The Morgan fingerprint density at radius 3 is 2.83 bits per heavy atom. The molecule has 0 spiro atoms. The molecule has 1 aliphatic rings. The number of hydrogen-bond donors (Lipinski definition) is 1. The summed E-state index contributed by atoms with van der Waals surface area (Å²) < 4.78 is 6.50. The van der Waals surface area contributed by atoms with Crippen LogP contribution in [0.1, 0.15) is 23.7 Å². The highest BCUT2D eigenvalue weighted by Crippen LogP contribution is 2.24. The molecule has 1 atom stereocenters. The van der Waals surface area contributed by atoms with Gasteiger partial charge in [-0.25, -0.2) is 9.59 Å². The Morgan fingerprint density at radius 1 is 1.33 bits per heavy atom. The molecule has 1 amide bonds. The fourth-order valence-corrected chi connectivity index (χ4v) is 2.48. The summed E-state index contributed by atoms with van der Waals surface area (Å²) in [7, 11) is 0. The van der Waals surface area contributed by atoms with Gasteiger partial charge in [-0.3, -0.25) is 19.2 Å². The van der Waals surface area contributed by atoms with Crippen LogP contribution in [-0.4, -0.2) is 27.3 Å². The highest BCUT2D eigenvalue weighted by atomic mass is 16.7. The Labute approximate surface area is 137 Å². The molecule has 0 bridgehead atoms. The van der Waals surface area contributed by atoms with Crippen molar-refractivity contribution in [1.82, 2.24) is 14.6 Å². The van der Waals surface area contributed by atoms with Crippen LogP contribution in [0.5, 0.6) is 0 Å². The average molecular weight is 331 g/mol. The second-order valence-electron chi connectivity index (χ2n) is 5.45. The Kier molecular flexibility index (Phi) is 4.48. The summed E-state index contributed by atoms with van der Waals surface area (Å²) in [5.41, 5.74) is 0.174. The van der Waals surface area contributed by atoms with Crippen molar-refractivity contribution in [2.24, 2.45) is 0 Å². The molecule has 1 saturated heterocycles. The maximum Gasteiger partial charge on any atom is 0.436 e. The van der Waals surface area contributed by atoms with Gasteiger partial charge in [0.1, 0.15) is 12.8 Å². The molecule has 8 heteroatoms. The van der Waals surface area contributed by atoms with Crippen LogP contribution in [0.4, 0.5) is 4.79 Å². The molecule has 1 N–H and O–H groups in total. The van der Waals surface area contributed by atoms with Crippen LogP contribution in [0, 0.1) is 6.92 Å². The average Bonchev–Trinajstić information content (AvgIpc) is 3.06. The SMILES string of the molecule is Cc1cn(C2CCON2C(=O)OCc2ccccc2)c(=O)[nH]c1=O. The van der Waals surface area contributed by atoms with Gasteiger partial charge in [0.2, 0.25) is 0 Å². The first-order chi connectivity index (χ1) is 11.6. The lowest BCUT2D eigenvalue weighted by molar-refractivity contribution is -0.126. The van der Waals surface area contributed by atoms with Crippen LogP contribution < -0.4 is 11.2 Å². The monoisotopic (exact) mass is 331 g/mol. The van der Waals surface area contributed by atoms with E-state index in [1.165, 1.54) is 10.8 Å². The predicted octanol–water partition coefficient (Wildman–Crippen LogP) is 1.32. The number of carbonyl (C=O) groups excluding carboxylic acids is 1. The normalized spacial score (nSPS) is 17.0. The van der Waals surface area contributed by atoms with E-state index in [0.29, 0.717) is 12.0 Å². The summed E-state index contributed by atoms with van der Waals surface area (Å²) in [6.07, 6.45) is 0.498. The molecule has 1 aliphatic heterocycles. The summed E-state index contributed by atoms with van der Waals surface area (Å²) in [6, 6.07) is 9.24. The summed E-state index contributed by atoms with van der Waals surface area (Å²) in [4.78, 5) is 43.3. The molecule has 3 rings (SSSR count). The molecule has 0 aliphatic carbocycles. The van der Waals surface area contributed by atoms with Gasteiger partial charge in [-0.05, 0) is 12.5 Å². The van der Waals surface area contributed by atoms with E-state index < -0.39 is 23.5 Å². The first-order valence-electron chi connectivity index (χ1n) is 7.51. The molecule has 24 heavy (non-hydrogen) atoms. The number of aromatic amines is 1. The Hall–Kier alpha value is -2.87. The molecule has 8 nitrogen and oxygen atoms in total. The fraction of sp³-hybridized carbons (Fsp3) is 0.312. The number of amides is 1. The number of aryl methyl sites for hydroxylation is 1. The van der Waals surface area contributed by atoms with Crippen molar-refractivity contribution in [2.75, 3.05) is 6.61 Å². The van der Waals surface area contributed by atoms with Crippen molar-refractivity contribution in [3.05, 3.63) is 68.5 Å². The topological polar surface area (TPSA) is 93.6 Å². The van der Waals surface area contributed by atoms with E-state index in [-0.39, 0.29) is 13.2 Å². The second-order valence-corrected chi connectivity index (χ2v) is 5.45. The number of hydrogen-bond acceptors (Lipinski definition) is 5. The maximum atomic E-state index is 12.3. The third-order valence-electron chi connectivity index (χ3n) is 3.73. The Balaban J connectivity index is 1.76. The highest BCUT2D eigenvalue weighted by molar-refractivity contribution is 5.66. The van der Waals surface area contributed by atoms with Gasteiger partial charge in [0.15, 0.2) is 0 Å². The number of aromatic nitrogens is 2. The zero-order valence-electron chi connectivity index (χ0n) is 13.1. The number of nitrogens with zero attached hydrogens (tertiary/aromatic N) is 2. The number of rotatable bonds is 3. The molecule has 0 radical (unpaired) electrons. The van der Waals surface area contributed by atoms with Gasteiger partial charge in [0, 0.05) is 18.2 Å². The predicted molar refractivity (Wildman–Crippen MR) is 84.1 cm³/mol. The van der Waals surface area contributed by atoms with Crippen molar-refractivity contribution < 1.29 is 14.4 Å². The summed E-state index contributed by atoms with van der Waals surface area (Å²) in [5, 5.41) is 1.03. The molecule has 2 heterocycles. The lowest BCUT2D eigenvalue weighted by Crippen LogP contribution is -2.40. The molecule has 1 fully saturated rings. The highest BCUT2D eigenvalue weighted by Gasteiger charge is 2.34. The number of carbonyl (C=O) groups is 1. The molecule has 1 aromatic carbocycles. The van der Waals surface area contributed by atoms with Crippen LogP contribution in [0.2, 0.25) is 0 Å². The van der Waals surface area contributed by atoms with E-state index in [4.69, 9.17) is 9.57 Å². The van der Waals surface area contributed by atoms with E-state index in [1.807, 2.05) is 30.3 Å². The number of hydroxylamine groups is 2. The quantitative estimate of drug-likeness (QED) is 0.915. The fourth-order valence-electron chi connectivity index (χ4n) is 2.48. The lowest BCUT2D eigenvalue weighted by Gasteiger charge is -2.23. The van der Waals surface area contributed by atoms with Gasteiger partial charge in [-0.1, -0.05) is 30.3 Å². The molecular weight excluding hydrogens is 314 g/mol. The first-order valence-corrected chi connectivity index (χ1v) is 7.51. The van der Waals surface area contributed by atoms with Gasteiger partial charge >= 0.3 is 11.8 Å². The largest absolute Gasteiger partial charge is 0.443 e. The van der Waals surface area contributed by atoms with E-state index in [0.717, 1.165) is 10.6 Å². The van der Waals surface area contributed by atoms with E-state index in [1.54, 1.807) is 6.92 Å². The number of ether oxygens (including phenoxy) is 1. The summed E-state index contributed by atoms with van der Waals surface area (Å²) in [6.45, 7) is 1.96. The van der Waals surface area contributed by atoms with Crippen molar-refractivity contribution in [3.8, 4) is 0 Å². The van der Waals surface area contributed by atoms with Gasteiger partial charge in [-0.2, -0.15) is 5.06 Å². The van der Waals surface area contributed by atoms with Gasteiger partial charge in [0.05, 0.1) is 6.61 Å². The van der Waals surface area contributed by atoms with Crippen LogP contribution in [-0.2, 0) is 16.2 Å². The molecule has 126 valence electrons. The second kappa shape index (κ2) is 6.71. The van der Waals surface area contributed by atoms with Crippen molar-refractivity contribution in [2.45, 2.75) is 26.1 Å². The molecule has 0 saturated carbocycles. The summed E-state index contributed by atoms with van der Waals surface area (Å²) >= 11 is 0. The van der Waals surface area contributed by atoms with E-state index >= 15 is 0 Å². The van der Waals surface area contributed by atoms with Crippen LogP contribution in [0.3, 0.4) is 0 Å². The van der Waals surface area contributed by atoms with Crippen molar-refractivity contribution in [3.63, 3.8) is 0 Å². The Morgan fingerprint density at radius 2 is 2.08 bits per heavy atom. The molecule has 1 aromatic heterocycles. The number of nitrogens with one attached hydrogen (secondary N) is 1. The zero-order valence-corrected chi connectivity index (χ0v) is 13.1. The third-order valence-corrected chi connectivity index (χ3v) is 3.73. The standard InChI is InChI=1S/C16H17N3O5/c1-11-9-18(15(21)17-14(11)20)13-7-8-24-19(13)16(22)23-10-12-5-3-2-4-6-12/h2-6,9,13H,7-8,10H2,1H3,(H,17,20,21). The maximum absolute atomic E-state index is 12.3. The number of H-pyrrole nitrogens is 1. The van der Waals surface area contributed by atoms with Crippen molar-refractivity contribution in [1.29, 1.82) is 0 Å². The summed E-state index contributed by atoms with van der Waals surface area (Å²) in [5.74, 6) is 0. The third kappa shape index (κ3) is 3.23. The van der Waals surface area contributed by atoms with Crippen LogP contribution in [0.15, 0.2) is 46.1 Å². The van der Waals surface area contributed by atoms with Gasteiger partial charge in [0.25, 0.3) is 5.56 Å². The minimum atomic E-state index is -0.683.